The Balaban J connectivity index is 1.75. The van der Waals surface area contributed by atoms with Gasteiger partial charge >= 0.3 is 0 Å². The lowest BCUT2D eigenvalue weighted by atomic mass is 10.1. The summed E-state index contributed by atoms with van der Waals surface area (Å²) in [6.45, 7) is 1.000. The van der Waals surface area contributed by atoms with Gasteiger partial charge in [0.05, 0.1) is 19.9 Å². The number of benzene rings is 2. The van der Waals surface area contributed by atoms with Gasteiger partial charge in [-0.25, -0.2) is 0 Å². The molecule has 5 nitrogen and oxygen atoms in total. The summed E-state index contributed by atoms with van der Waals surface area (Å²) in [5.74, 6) is 1.38. The second kappa shape index (κ2) is 10.1. The second-order valence-electron chi connectivity index (χ2n) is 5.58. The lowest BCUT2D eigenvalue weighted by Crippen LogP contribution is -2.27. The van der Waals surface area contributed by atoms with E-state index in [9.17, 15) is 4.79 Å². The molecule has 0 aliphatic heterocycles. The van der Waals surface area contributed by atoms with Crippen molar-refractivity contribution in [3.63, 3.8) is 0 Å². The molecule has 2 aromatic rings. The van der Waals surface area contributed by atoms with Gasteiger partial charge in [-0.15, -0.1) is 0 Å². The number of hydrogen-bond donors (Lipinski definition) is 2. The first-order valence-electron chi connectivity index (χ1n) is 8.20. The molecule has 0 bridgehead atoms. The maximum atomic E-state index is 12.0. The van der Waals surface area contributed by atoms with Crippen molar-refractivity contribution < 1.29 is 14.3 Å². The highest BCUT2D eigenvalue weighted by molar-refractivity contribution is 6.35. The van der Waals surface area contributed by atoms with E-state index in [0.29, 0.717) is 41.7 Å². The molecule has 0 radical (unpaired) electrons. The fraction of sp³-hybridized carbons (Fsp3) is 0.316. The molecule has 7 heteroatoms. The minimum atomic E-state index is -0.0375. The fourth-order valence-electron chi connectivity index (χ4n) is 2.41. The smallest absolute Gasteiger partial charge is 0.221 e. The Bertz CT molecular complexity index is 754. The number of anilines is 1. The van der Waals surface area contributed by atoms with E-state index < -0.39 is 0 Å². The molecule has 0 saturated heterocycles. The van der Waals surface area contributed by atoms with Crippen molar-refractivity contribution in [2.24, 2.45) is 0 Å². The van der Waals surface area contributed by atoms with Crippen molar-refractivity contribution >= 4 is 34.8 Å². The molecule has 0 atom stereocenters. The molecule has 0 spiro atoms. The highest BCUT2D eigenvalue weighted by Crippen LogP contribution is 2.28. The number of ether oxygens (including phenoxy) is 2. The van der Waals surface area contributed by atoms with Crippen molar-refractivity contribution in [2.45, 2.75) is 12.8 Å². The highest BCUT2D eigenvalue weighted by Gasteiger charge is 2.07. The molecule has 2 N–H and O–H groups in total. The van der Waals surface area contributed by atoms with E-state index in [2.05, 4.69) is 10.6 Å². The van der Waals surface area contributed by atoms with E-state index in [0.717, 1.165) is 17.0 Å². The van der Waals surface area contributed by atoms with Crippen LogP contribution in [-0.4, -0.2) is 33.2 Å². The number of carbonyl (C=O) groups is 1. The topological polar surface area (TPSA) is 59.6 Å². The molecule has 26 heavy (non-hydrogen) atoms. The van der Waals surface area contributed by atoms with E-state index >= 15 is 0 Å². The zero-order valence-corrected chi connectivity index (χ0v) is 16.3. The number of nitrogens with one attached hydrogen (secondary N) is 2. The van der Waals surface area contributed by atoms with Crippen LogP contribution in [0.2, 0.25) is 10.0 Å². The average molecular weight is 397 g/mol. The Morgan fingerprint density at radius 1 is 1.04 bits per heavy atom. The molecule has 0 saturated carbocycles. The Hall–Kier alpha value is -2.11. The van der Waals surface area contributed by atoms with Gasteiger partial charge in [-0.05, 0) is 36.2 Å². The maximum absolute atomic E-state index is 12.0. The summed E-state index contributed by atoms with van der Waals surface area (Å²) in [7, 11) is 3.20. The van der Waals surface area contributed by atoms with Crippen LogP contribution in [0.5, 0.6) is 11.5 Å². The molecular weight excluding hydrogens is 375 g/mol. The van der Waals surface area contributed by atoms with Crippen LogP contribution < -0.4 is 20.1 Å². The SMILES string of the molecule is COc1ccc(OC)c(NCCC(=O)NCCc2ccc(Cl)cc2Cl)c1. The Labute approximate surface area is 163 Å². The summed E-state index contributed by atoms with van der Waals surface area (Å²) in [5.41, 5.74) is 1.74. The van der Waals surface area contributed by atoms with Crippen LogP contribution in [0.25, 0.3) is 0 Å². The van der Waals surface area contributed by atoms with Gasteiger partial charge < -0.3 is 20.1 Å². The zero-order valence-electron chi connectivity index (χ0n) is 14.8. The van der Waals surface area contributed by atoms with Gasteiger partial charge in [-0.2, -0.15) is 0 Å². The number of halogens is 2. The van der Waals surface area contributed by atoms with Crippen LogP contribution in [-0.2, 0) is 11.2 Å². The molecule has 0 heterocycles. The summed E-state index contributed by atoms with van der Waals surface area (Å²) in [4.78, 5) is 12.0. The molecule has 140 valence electrons. The first-order valence-corrected chi connectivity index (χ1v) is 8.95. The maximum Gasteiger partial charge on any atom is 0.221 e. The Kier molecular flexibility index (Phi) is 7.88. The summed E-state index contributed by atoms with van der Waals surface area (Å²) in [6.07, 6.45) is 0.994. The van der Waals surface area contributed by atoms with Gasteiger partial charge in [0.25, 0.3) is 0 Å². The van der Waals surface area contributed by atoms with Gasteiger partial charge in [0, 0.05) is 35.6 Å². The largest absolute Gasteiger partial charge is 0.497 e. The molecular formula is C19H22Cl2N2O3. The third-order valence-corrected chi connectivity index (χ3v) is 4.39. The van der Waals surface area contributed by atoms with Crippen LogP contribution in [0.3, 0.4) is 0 Å². The number of amides is 1. The standard InChI is InChI=1S/C19H22Cl2N2O3/c1-25-15-5-6-18(26-2)17(12-15)22-10-8-19(24)23-9-7-13-3-4-14(20)11-16(13)21/h3-6,11-12,22H,7-10H2,1-2H3,(H,23,24). The predicted octanol–water partition coefficient (Wildman–Crippen LogP) is 4.17. The van der Waals surface area contributed by atoms with Crippen LogP contribution in [0.15, 0.2) is 36.4 Å². The normalized spacial score (nSPS) is 10.3. The second-order valence-corrected chi connectivity index (χ2v) is 6.42. The average Bonchev–Trinajstić information content (AvgIpc) is 2.63. The molecule has 0 aliphatic rings. The molecule has 0 unspecified atom stereocenters. The lowest BCUT2D eigenvalue weighted by molar-refractivity contribution is -0.120. The summed E-state index contributed by atoms with van der Waals surface area (Å²) < 4.78 is 10.5. The zero-order chi connectivity index (χ0) is 18.9. The monoisotopic (exact) mass is 396 g/mol. The van der Waals surface area contributed by atoms with Crippen LogP contribution in [0.4, 0.5) is 5.69 Å². The van der Waals surface area contributed by atoms with Gasteiger partial charge in [-0.1, -0.05) is 29.3 Å². The van der Waals surface area contributed by atoms with Crippen LogP contribution in [0.1, 0.15) is 12.0 Å². The van der Waals surface area contributed by atoms with E-state index in [1.807, 2.05) is 24.3 Å². The van der Waals surface area contributed by atoms with Gasteiger partial charge in [0.15, 0.2) is 0 Å². The summed E-state index contributed by atoms with van der Waals surface area (Å²) >= 11 is 12.0. The molecule has 0 aliphatic carbocycles. The minimum Gasteiger partial charge on any atom is -0.497 e. The molecule has 0 fully saturated rings. The van der Waals surface area contributed by atoms with Crippen molar-refractivity contribution in [3.8, 4) is 11.5 Å². The lowest BCUT2D eigenvalue weighted by Gasteiger charge is -2.12. The molecule has 1 amide bonds. The van der Waals surface area contributed by atoms with Crippen molar-refractivity contribution in [1.82, 2.24) is 5.32 Å². The third-order valence-electron chi connectivity index (χ3n) is 3.81. The number of methoxy groups -OCH3 is 2. The number of rotatable bonds is 9. The quantitative estimate of drug-likeness (QED) is 0.667. The van der Waals surface area contributed by atoms with Gasteiger partial charge in [0.1, 0.15) is 11.5 Å². The summed E-state index contributed by atoms with van der Waals surface area (Å²) in [6, 6.07) is 10.8. The Morgan fingerprint density at radius 2 is 1.85 bits per heavy atom. The summed E-state index contributed by atoms with van der Waals surface area (Å²) in [5, 5.41) is 7.28. The van der Waals surface area contributed by atoms with E-state index in [1.165, 1.54) is 0 Å². The fourth-order valence-corrected chi connectivity index (χ4v) is 2.92. The minimum absolute atomic E-state index is 0.0375. The highest BCUT2D eigenvalue weighted by atomic mass is 35.5. The number of hydrogen-bond acceptors (Lipinski definition) is 4. The predicted molar refractivity (Wildman–Crippen MR) is 106 cm³/mol. The van der Waals surface area contributed by atoms with Crippen molar-refractivity contribution in [1.29, 1.82) is 0 Å². The van der Waals surface area contributed by atoms with Gasteiger partial charge in [0.2, 0.25) is 5.91 Å². The van der Waals surface area contributed by atoms with Crippen molar-refractivity contribution in [3.05, 3.63) is 52.0 Å². The third kappa shape index (κ3) is 6.00. The van der Waals surface area contributed by atoms with E-state index in [1.54, 1.807) is 26.4 Å². The molecule has 2 aromatic carbocycles. The van der Waals surface area contributed by atoms with Crippen molar-refractivity contribution in [2.75, 3.05) is 32.6 Å². The van der Waals surface area contributed by atoms with Crippen LogP contribution in [0, 0.1) is 0 Å². The number of carbonyl (C=O) groups excluding carboxylic acids is 1. The first-order chi connectivity index (χ1) is 12.5. The Morgan fingerprint density at radius 3 is 2.54 bits per heavy atom. The first kappa shape index (κ1) is 20.2. The van der Waals surface area contributed by atoms with E-state index in [-0.39, 0.29) is 5.91 Å². The molecule has 2 rings (SSSR count). The van der Waals surface area contributed by atoms with Crippen LogP contribution >= 0.6 is 23.2 Å². The van der Waals surface area contributed by atoms with Gasteiger partial charge in [-0.3, -0.25) is 4.79 Å². The molecule has 0 aromatic heterocycles. The van der Waals surface area contributed by atoms with E-state index in [4.69, 9.17) is 32.7 Å².